The summed E-state index contributed by atoms with van der Waals surface area (Å²) in [5, 5.41) is 3.32. The van der Waals surface area contributed by atoms with Gasteiger partial charge in [0.05, 0.1) is 28.2 Å². The fourth-order valence-corrected chi connectivity index (χ4v) is 3.73. The summed E-state index contributed by atoms with van der Waals surface area (Å²) in [5.74, 6) is 0.444. The molecule has 2 amide bonds. The summed E-state index contributed by atoms with van der Waals surface area (Å²) in [5.41, 5.74) is 2.17. The average Bonchev–Trinajstić information content (AvgIpc) is 3.33. The molecule has 0 spiro atoms. The summed E-state index contributed by atoms with van der Waals surface area (Å²) < 4.78 is 1.81. The second-order valence-corrected chi connectivity index (χ2v) is 7.30. The number of hydrogen-bond donors (Lipinski definition) is 1. The number of amides is 2. The van der Waals surface area contributed by atoms with Crippen molar-refractivity contribution in [1.82, 2.24) is 14.5 Å². The highest BCUT2D eigenvalue weighted by Gasteiger charge is 2.22. The van der Waals surface area contributed by atoms with Crippen LogP contribution in [0.2, 0.25) is 5.02 Å². The van der Waals surface area contributed by atoms with Crippen LogP contribution in [0.3, 0.4) is 0 Å². The molecule has 3 aromatic rings. The van der Waals surface area contributed by atoms with Crippen molar-refractivity contribution >= 4 is 40.1 Å². The average molecular weight is 397 g/mol. The van der Waals surface area contributed by atoms with Crippen LogP contribution in [0.1, 0.15) is 18.7 Å². The number of para-hydroxylation sites is 3. The minimum Gasteiger partial charge on any atom is -0.342 e. The third-order valence-corrected chi connectivity index (χ3v) is 5.28. The predicted molar refractivity (Wildman–Crippen MR) is 109 cm³/mol. The van der Waals surface area contributed by atoms with Gasteiger partial charge in [-0.25, -0.2) is 4.98 Å². The van der Waals surface area contributed by atoms with E-state index in [0.717, 1.165) is 37.0 Å². The highest BCUT2D eigenvalue weighted by atomic mass is 35.5. The topological polar surface area (TPSA) is 67.2 Å². The Labute approximate surface area is 168 Å². The van der Waals surface area contributed by atoms with Gasteiger partial charge in [-0.3, -0.25) is 9.59 Å². The minimum absolute atomic E-state index is 0.0561. The highest BCUT2D eigenvalue weighted by molar-refractivity contribution is 6.33. The fraction of sp³-hybridized carbons (Fsp3) is 0.286. The van der Waals surface area contributed by atoms with Crippen LogP contribution in [-0.4, -0.2) is 39.4 Å². The standard InChI is InChI=1S/C21H21ClN4O2/c22-15-7-1-2-8-16(15)24-20(27)14-26-18-10-4-3-9-17(18)23-19(26)13-21(28)25-11-5-6-12-25/h1-4,7-10H,5-6,11-14H2,(H,24,27). The van der Waals surface area contributed by atoms with Gasteiger partial charge in [0.2, 0.25) is 11.8 Å². The summed E-state index contributed by atoms with van der Waals surface area (Å²) in [6, 6.07) is 14.7. The Bertz CT molecular complexity index is 1020. The Morgan fingerprint density at radius 2 is 1.75 bits per heavy atom. The number of likely N-dealkylation sites (tertiary alicyclic amines) is 1. The summed E-state index contributed by atoms with van der Waals surface area (Å²) >= 11 is 6.13. The molecular weight excluding hydrogens is 376 g/mol. The van der Waals surface area contributed by atoms with Crippen LogP contribution in [0.5, 0.6) is 0 Å². The molecule has 144 valence electrons. The number of nitrogens with zero attached hydrogens (tertiary/aromatic N) is 3. The lowest BCUT2D eigenvalue weighted by Gasteiger charge is -2.16. The number of halogens is 1. The van der Waals surface area contributed by atoms with Gasteiger partial charge in [0.15, 0.2) is 0 Å². The number of hydrogen-bond acceptors (Lipinski definition) is 3. The van der Waals surface area contributed by atoms with Gasteiger partial charge in [0.25, 0.3) is 0 Å². The van der Waals surface area contributed by atoms with Crippen molar-refractivity contribution in [2.45, 2.75) is 25.8 Å². The van der Waals surface area contributed by atoms with E-state index in [1.165, 1.54) is 0 Å². The van der Waals surface area contributed by atoms with Crippen LogP contribution in [0.15, 0.2) is 48.5 Å². The van der Waals surface area contributed by atoms with Gasteiger partial charge in [-0.2, -0.15) is 0 Å². The van der Waals surface area contributed by atoms with Crippen LogP contribution in [0.25, 0.3) is 11.0 Å². The number of carbonyl (C=O) groups excluding carboxylic acids is 2. The Hall–Kier alpha value is -2.86. The summed E-state index contributed by atoms with van der Waals surface area (Å²) in [4.78, 5) is 31.8. The molecule has 6 nitrogen and oxygen atoms in total. The summed E-state index contributed by atoms with van der Waals surface area (Å²) in [7, 11) is 0. The minimum atomic E-state index is -0.217. The zero-order valence-electron chi connectivity index (χ0n) is 15.4. The van der Waals surface area contributed by atoms with Gasteiger partial charge in [-0.05, 0) is 37.1 Å². The number of nitrogens with one attached hydrogen (secondary N) is 1. The van der Waals surface area contributed by atoms with Crippen molar-refractivity contribution < 1.29 is 9.59 Å². The van der Waals surface area contributed by atoms with E-state index in [1.54, 1.807) is 12.1 Å². The molecule has 1 saturated heterocycles. The zero-order chi connectivity index (χ0) is 19.5. The van der Waals surface area contributed by atoms with E-state index in [4.69, 9.17) is 11.6 Å². The van der Waals surface area contributed by atoms with Gasteiger partial charge < -0.3 is 14.8 Å². The quantitative estimate of drug-likeness (QED) is 0.717. The van der Waals surface area contributed by atoms with Gasteiger partial charge >= 0.3 is 0 Å². The molecule has 1 aliphatic heterocycles. The number of imidazole rings is 1. The van der Waals surface area contributed by atoms with Crippen molar-refractivity contribution in [2.75, 3.05) is 18.4 Å². The summed E-state index contributed by atoms with van der Waals surface area (Å²) in [6.45, 7) is 1.66. The van der Waals surface area contributed by atoms with E-state index in [-0.39, 0.29) is 24.8 Å². The lowest BCUT2D eigenvalue weighted by molar-refractivity contribution is -0.129. The molecule has 0 atom stereocenters. The molecule has 7 heteroatoms. The number of aromatic nitrogens is 2. The first-order valence-corrected chi connectivity index (χ1v) is 9.76. The first kappa shape index (κ1) is 18.5. The van der Waals surface area contributed by atoms with E-state index in [9.17, 15) is 9.59 Å². The molecule has 1 fully saturated rings. The Morgan fingerprint density at radius 3 is 2.54 bits per heavy atom. The van der Waals surface area contributed by atoms with E-state index < -0.39 is 0 Å². The maximum atomic E-state index is 12.7. The molecule has 2 aromatic carbocycles. The van der Waals surface area contributed by atoms with Crippen molar-refractivity contribution in [3.8, 4) is 0 Å². The van der Waals surface area contributed by atoms with Crippen molar-refractivity contribution in [3.63, 3.8) is 0 Å². The van der Waals surface area contributed by atoms with Crippen LogP contribution in [-0.2, 0) is 22.6 Å². The van der Waals surface area contributed by atoms with Crippen LogP contribution < -0.4 is 5.32 Å². The highest BCUT2D eigenvalue weighted by Crippen LogP contribution is 2.22. The van der Waals surface area contributed by atoms with Gasteiger partial charge in [0.1, 0.15) is 12.4 Å². The van der Waals surface area contributed by atoms with Crippen molar-refractivity contribution in [1.29, 1.82) is 0 Å². The molecule has 4 rings (SSSR count). The molecule has 0 unspecified atom stereocenters. The largest absolute Gasteiger partial charge is 0.342 e. The maximum Gasteiger partial charge on any atom is 0.244 e. The van der Waals surface area contributed by atoms with Gasteiger partial charge in [-0.1, -0.05) is 35.9 Å². The molecule has 0 aliphatic carbocycles. The number of fused-ring (bicyclic) bond motifs is 1. The molecule has 2 heterocycles. The molecule has 1 aliphatic rings. The van der Waals surface area contributed by atoms with E-state index >= 15 is 0 Å². The lowest BCUT2D eigenvalue weighted by Crippen LogP contribution is -2.30. The molecule has 28 heavy (non-hydrogen) atoms. The first-order valence-electron chi connectivity index (χ1n) is 9.38. The number of carbonyl (C=O) groups is 2. The van der Waals surface area contributed by atoms with E-state index in [2.05, 4.69) is 10.3 Å². The van der Waals surface area contributed by atoms with Crippen molar-refractivity contribution in [3.05, 3.63) is 59.4 Å². The smallest absolute Gasteiger partial charge is 0.244 e. The first-order chi connectivity index (χ1) is 13.6. The zero-order valence-corrected chi connectivity index (χ0v) is 16.2. The third kappa shape index (κ3) is 3.87. The third-order valence-electron chi connectivity index (χ3n) is 4.95. The van der Waals surface area contributed by atoms with Gasteiger partial charge in [0, 0.05) is 13.1 Å². The second kappa shape index (κ2) is 8.02. The van der Waals surface area contributed by atoms with Crippen molar-refractivity contribution in [2.24, 2.45) is 0 Å². The number of anilines is 1. The van der Waals surface area contributed by atoms with Gasteiger partial charge in [-0.15, -0.1) is 0 Å². The Balaban J connectivity index is 1.58. The molecule has 0 bridgehead atoms. The molecule has 0 saturated carbocycles. The van der Waals surface area contributed by atoms with E-state index in [0.29, 0.717) is 16.5 Å². The molecule has 1 aromatic heterocycles. The lowest BCUT2D eigenvalue weighted by atomic mass is 10.3. The maximum absolute atomic E-state index is 12.7. The predicted octanol–water partition coefficient (Wildman–Crippen LogP) is 3.49. The summed E-state index contributed by atoms with van der Waals surface area (Å²) in [6.07, 6.45) is 2.28. The van der Waals surface area contributed by atoms with E-state index in [1.807, 2.05) is 45.9 Å². The van der Waals surface area contributed by atoms with Crippen LogP contribution >= 0.6 is 11.6 Å². The SMILES string of the molecule is O=C(Cn1c(CC(=O)N2CCCC2)nc2ccccc21)Nc1ccccc1Cl. The molecule has 1 N–H and O–H groups in total. The van der Waals surface area contributed by atoms with Crippen LogP contribution in [0, 0.1) is 0 Å². The Morgan fingerprint density at radius 1 is 1.04 bits per heavy atom. The molecular formula is C21H21ClN4O2. The monoisotopic (exact) mass is 396 g/mol. The number of benzene rings is 2. The second-order valence-electron chi connectivity index (χ2n) is 6.90. The molecule has 0 radical (unpaired) electrons. The fourth-order valence-electron chi connectivity index (χ4n) is 3.55. The normalized spacial score (nSPS) is 13.8. The number of rotatable bonds is 5. The van der Waals surface area contributed by atoms with Crippen LogP contribution in [0.4, 0.5) is 5.69 Å². The Kier molecular flexibility index (Phi) is 5.30.